The third-order valence-electron chi connectivity index (χ3n) is 5.91. The van der Waals surface area contributed by atoms with Gasteiger partial charge in [0, 0.05) is 25.7 Å². The molecule has 1 fully saturated rings. The van der Waals surface area contributed by atoms with Gasteiger partial charge in [-0.2, -0.15) is 4.31 Å². The van der Waals surface area contributed by atoms with Gasteiger partial charge in [-0.3, -0.25) is 4.79 Å². The second kappa shape index (κ2) is 8.99. The molecule has 1 amide bonds. The molecule has 2 heterocycles. The summed E-state index contributed by atoms with van der Waals surface area (Å²) in [7, 11) is -3.73. The molecule has 0 bridgehead atoms. The van der Waals surface area contributed by atoms with Crippen LogP contribution in [-0.4, -0.2) is 46.7 Å². The molecule has 8 nitrogen and oxygen atoms in total. The largest absolute Gasteiger partial charge is 0.352 e. The minimum Gasteiger partial charge on any atom is -0.352 e. The zero-order valence-electron chi connectivity index (χ0n) is 18.7. The maximum Gasteiger partial charge on any atom is 0.243 e. The Kier molecular flexibility index (Phi) is 6.30. The van der Waals surface area contributed by atoms with Crippen LogP contribution in [0.2, 0.25) is 0 Å². The number of aryl methyl sites for hydroxylation is 1. The highest BCUT2D eigenvalue weighted by Gasteiger charge is 2.33. The Balaban J connectivity index is 1.46. The van der Waals surface area contributed by atoms with Gasteiger partial charge in [0.05, 0.1) is 16.3 Å². The predicted octanol–water partition coefficient (Wildman–Crippen LogP) is 3.04. The quantitative estimate of drug-likeness (QED) is 0.616. The molecule has 9 heteroatoms. The van der Waals surface area contributed by atoms with Gasteiger partial charge in [0.1, 0.15) is 5.52 Å². The van der Waals surface area contributed by atoms with Gasteiger partial charge in [-0.25, -0.2) is 13.1 Å². The normalized spacial score (nSPS) is 17.7. The van der Waals surface area contributed by atoms with Crippen molar-refractivity contribution in [2.24, 2.45) is 5.92 Å². The number of fused-ring (bicyclic) bond motifs is 1. The van der Waals surface area contributed by atoms with E-state index in [0.717, 1.165) is 16.6 Å². The predicted molar refractivity (Wildman–Crippen MR) is 122 cm³/mol. The Morgan fingerprint density at radius 1 is 1.19 bits per heavy atom. The molecule has 1 aliphatic rings. The van der Waals surface area contributed by atoms with Gasteiger partial charge in [-0.1, -0.05) is 35.0 Å². The van der Waals surface area contributed by atoms with E-state index >= 15 is 0 Å². The monoisotopic (exact) mass is 455 g/mol. The number of sulfonamides is 1. The van der Waals surface area contributed by atoms with E-state index in [4.69, 9.17) is 0 Å². The first kappa shape index (κ1) is 22.4. The van der Waals surface area contributed by atoms with Gasteiger partial charge >= 0.3 is 0 Å². The molecule has 0 unspecified atom stereocenters. The van der Waals surface area contributed by atoms with Crippen LogP contribution in [-0.2, 0) is 21.4 Å². The van der Waals surface area contributed by atoms with E-state index in [1.807, 2.05) is 45.0 Å². The highest BCUT2D eigenvalue weighted by molar-refractivity contribution is 7.89. The third kappa shape index (κ3) is 4.54. The molecule has 1 saturated heterocycles. The number of hydrogen-bond acceptors (Lipinski definition) is 5. The maximum absolute atomic E-state index is 13.3. The molecule has 2 aromatic carbocycles. The topological polar surface area (TPSA) is 97.2 Å². The van der Waals surface area contributed by atoms with E-state index in [2.05, 4.69) is 15.6 Å². The highest BCUT2D eigenvalue weighted by Crippen LogP contribution is 2.26. The molecular formula is C23H29N5O3S. The number of hydrogen-bond donors (Lipinski definition) is 1. The molecule has 0 radical (unpaired) electrons. The maximum atomic E-state index is 13.3. The molecule has 1 aromatic heterocycles. The molecule has 0 aliphatic carbocycles. The summed E-state index contributed by atoms with van der Waals surface area (Å²) in [5.41, 5.74) is 3.53. The number of nitrogens with one attached hydrogen (secondary N) is 1. The standard InChI is InChI=1S/C23H29N5O3S/c1-16(2)28-22-11-10-20(13-21(22)25-26-28)32(30,31)27-12-4-5-19(15-27)23(29)24-14-18-8-6-17(3)7-9-18/h6-11,13,16,19H,4-5,12,14-15H2,1-3H3,(H,24,29)/t19-/m0/s1. The molecule has 1 N–H and O–H groups in total. The Bertz CT molecular complexity index is 1220. The summed E-state index contributed by atoms with van der Waals surface area (Å²) in [6.45, 7) is 7.03. The van der Waals surface area contributed by atoms with E-state index in [-0.39, 0.29) is 29.3 Å². The number of piperidine rings is 1. The lowest BCUT2D eigenvalue weighted by Crippen LogP contribution is -2.45. The Labute approximate surface area is 188 Å². The number of amides is 1. The summed E-state index contributed by atoms with van der Waals surface area (Å²) < 4.78 is 29.8. The lowest BCUT2D eigenvalue weighted by molar-refractivity contribution is -0.126. The van der Waals surface area contributed by atoms with Crippen LogP contribution >= 0.6 is 0 Å². The fourth-order valence-electron chi connectivity index (χ4n) is 4.03. The number of rotatable bonds is 6. The molecule has 170 valence electrons. The van der Waals surface area contributed by atoms with Crippen molar-refractivity contribution in [1.82, 2.24) is 24.6 Å². The number of aromatic nitrogens is 3. The van der Waals surface area contributed by atoms with Gasteiger partial charge in [-0.05, 0) is 57.4 Å². The molecule has 32 heavy (non-hydrogen) atoms. The summed E-state index contributed by atoms with van der Waals surface area (Å²) in [5, 5.41) is 11.2. The van der Waals surface area contributed by atoms with Crippen molar-refractivity contribution in [3.63, 3.8) is 0 Å². The summed E-state index contributed by atoms with van der Waals surface area (Å²) in [6, 6.07) is 13.0. The van der Waals surface area contributed by atoms with Gasteiger partial charge in [0.15, 0.2) is 0 Å². The Hall–Kier alpha value is -2.78. The summed E-state index contributed by atoms with van der Waals surface area (Å²) in [6.07, 6.45) is 1.32. The van der Waals surface area contributed by atoms with Crippen molar-refractivity contribution in [1.29, 1.82) is 0 Å². The van der Waals surface area contributed by atoms with Crippen LogP contribution in [0.1, 0.15) is 43.9 Å². The minimum absolute atomic E-state index is 0.110. The van der Waals surface area contributed by atoms with Crippen molar-refractivity contribution >= 4 is 27.0 Å². The van der Waals surface area contributed by atoms with Gasteiger partial charge < -0.3 is 5.32 Å². The number of benzene rings is 2. The third-order valence-corrected chi connectivity index (χ3v) is 7.77. The minimum atomic E-state index is -3.73. The van der Waals surface area contributed by atoms with Crippen molar-refractivity contribution in [2.75, 3.05) is 13.1 Å². The van der Waals surface area contributed by atoms with E-state index in [1.165, 1.54) is 4.31 Å². The first-order valence-electron chi connectivity index (χ1n) is 10.9. The van der Waals surface area contributed by atoms with Crippen molar-refractivity contribution < 1.29 is 13.2 Å². The molecule has 4 rings (SSSR count). The first-order chi connectivity index (χ1) is 15.3. The summed E-state index contributed by atoms with van der Waals surface area (Å²) in [5.74, 6) is -0.477. The molecular weight excluding hydrogens is 426 g/mol. The van der Waals surface area contributed by atoms with Crippen LogP contribution in [0.4, 0.5) is 0 Å². The van der Waals surface area contributed by atoms with E-state index in [0.29, 0.717) is 31.4 Å². The average molecular weight is 456 g/mol. The van der Waals surface area contributed by atoms with Crippen molar-refractivity contribution in [3.05, 3.63) is 53.6 Å². The van der Waals surface area contributed by atoms with Crippen LogP contribution < -0.4 is 5.32 Å². The highest BCUT2D eigenvalue weighted by atomic mass is 32.2. The SMILES string of the molecule is Cc1ccc(CNC(=O)[C@H]2CCCN(S(=O)(=O)c3ccc4c(c3)nnn4C(C)C)C2)cc1. The summed E-state index contributed by atoms with van der Waals surface area (Å²) >= 11 is 0. The fraction of sp³-hybridized carbons (Fsp3) is 0.435. The Morgan fingerprint density at radius 3 is 2.66 bits per heavy atom. The van der Waals surface area contributed by atoms with Crippen LogP contribution in [0, 0.1) is 12.8 Å². The Morgan fingerprint density at radius 2 is 1.94 bits per heavy atom. The molecule has 1 aliphatic heterocycles. The van der Waals surface area contributed by atoms with Crippen LogP contribution in [0.3, 0.4) is 0 Å². The summed E-state index contributed by atoms with van der Waals surface area (Å²) in [4.78, 5) is 12.9. The van der Waals surface area contributed by atoms with Crippen molar-refractivity contribution in [2.45, 2.75) is 51.1 Å². The van der Waals surface area contributed by atoms with Gasteiger partial charge in [0.25, 0.3) is 0 Å². The lowest BCUT2D eigenvalue weighted by atomic mass is 9.98. The zero-order valence-corrected chi connectivity index (χ0v) is 19.5. The number of nitrogens with zero attached hydrogens (tertiary/aromatic N) is 4. The molecule has 1 atom stereocenters. The molecule has 3 aromatic rings. The smallest absolute Gasteiger partial charge is 0.243 e. The second-order valence-corrected chi connectivity index (χ2v) is 10.6. The van der Waals surface area contributed by atoms with Gasteiger partial charge in [-0.15, -0.1) is 5.10 Å². The van der Waals surface area contributed by atoms with E-state index < -0.39 is 10.0 Å². The first-order valence-corrected chi connectivity index (χ1v) is 12.4. The molecule has 0 spiro atoms. The van der Waals surface area contributed by atoms with E-state index in [9.17, 15) is 13.2 Å². The average Bonchev–Trinajstić information content (AvgIpc) is 3.22. The van der Waals surface area contributed by atoms with Crippen molar-refractivity contribution in [3.8, 4) is 0 Å². The van der Waals surface area contributed by atoms with Gasteiger partial charge in [0.2, 0.25) is 15.9 Å². The van der Waals surface area contributed by atoms with Crippen LogP contribution in [0.5, 0.6) is 0 Å². The van der Waals surface area contributed by atoms with Crippen LogP contribution in [0.15, 0.2) is 47.4 Å². The second-order valence-electron chi connectivity index (χ2n) is 8.68. The van der Waals surface area contributed by atoms with Crippen LogP contribution in [0.25, 0.3) is 11.0 Å². The number of carbonyl (C=O) groups is 1. The number of carbonyl (C=O) groups excluding carboxylic acids is 1. The zero-order chi connectivity index (χ0) is 22.9. The van der Waals surface area contributed by atoms with E-state index in [1.54, 1.807) is 22.9 Å². The molecule has 0 saturated carbocycles. The fourth-order valence-corrected chi connectivity index (χ4v) is 5.57. The lowest BCUT2D eigenvalue weighted by Gasteiger charge is -2.31.